The Bertz CT molecular complexity index is 1050. The Morgan fingerprint density at radius 1 is 0.906 bits per heavy atom. The second-order valence-electron chi connectivity index (χ2n) is 8.30. The number of amides is 2. The topological polar surface area (TPSA) is 74.3 Å². The highest BCUT2D eigenvalue weighted by atomic mass is 16.2. The molecule has 32 heavy (non-hydrogen) atoms. The van der Waals surface area contributed by atoms with Crippen molar-refractivity contribution in [2.75, 3.05) is 32.7 Å². The molecule has 1 fully saturated rings. The third kappa shape index (κ3) is 5.92. The first-order valence-corrected chi connectivity index (χ1v) is 11.4. The highest BCUT2D eigenvalue weighted by Crippen LogP contribution is 2.17. The number of carbonyl (C=O) groups excluding carboxylic acids is 2. The van der Waals surface area contributed by atoms with Gasteiger partial charge in [-0.25, -0.2) is 0 Å². The molecule has 3 aromatic rings. The zero-order valence-electron chi connectivity index (χ0n) is 18.3. The van der Waals surface area contributed by atoms with E-state index in [9.17, 15) is 9.59 Å². The molecule has 1 aliphatic heterocycles. The van der Waals surface area contributed by atoms with Crippen molar-refractivity contribution in [3.63, 3.8) is 0 Å². The average molecular weight is 431 g/mol. The first-order chi connectivity index (χ1) is 15.7. The van der Waals surface area contributed by atoms with Crippen molar-refractivity contribution >= 4 is 22.6 Å². The van der Waals surface area contributed by atoms with E-state index >= 15 is 0 Å². The van der Waals surface area contributed by atoms with E-state index in [1.807, 2.05) is 60.7 Å². The zero-order valence-corrected chi connectivity index (χ0v) is 18.3. The predicted molar refractivity (Wildman–Crippen MR) is 126 cm³/mol. The Morgan fingerprint density at radius 3 is 2.47 bits per heavy atom. The van der Waals surface area contributed by atoms with E-state index < -0.39 is 0 Å². The molecule has 0 saturated carbocycles. The van der Waals surface area contributed by atoms with Gasteiger partial charge in [-0.2, -0.15) is 0 Å². The summed E-state index contributed by atoms with van der Waals surface area (Å²) in [5.74, 6) is 0.172. The van der Waals surface area contributed by atoms with Gasteiger partial charge in [0.15, 0.2) is 0 Å². The molecule has 6 nitrogen and oxygen atoms in total. The number of pyridine rings is 1. The van der Waals surface area contributed by atoms with E-state index in [1.54, 1.807) is 6.20 Å². The fourth-order valence-corrected chi connectivity index (χ4v) is 4.18. The molecule has 2 N–H and O–H groups in total. The van der Waals surface area contributed by atoms with Gasteiger partial charge in [0.2, 0.25) is 5.91 Å². The molecule has 2 heterocycles. The van der Waals surface area contributed by atoms with Gasteiger partial charge >= 0.3 is 0 Å². The molecule has 4 rings (SSSR count). The van der Waals surface area contributed by atoms with Gasteiger partial charge in [-0.15, -0.1) is 0 Å². The molecule has 0 bridgehead atoms. The predicted octanol–water partition coefficient (Wildman–Crippen LogP) is 3.04. The van der Waals surface area contributed by atoms with Crippen LogP contribution in [0.3, 0.4) is 0 Å². The molecular weight excluding hydrogens is 400 g/mol. The van der Waals surface area contributed by atoms with Gasteiger partial charge in [0.05, 0.1) is 0 Å². The van der Waals surface area contributed by atoms with Crippen LogP contribution in [0.2, 0.25) is 0 Å². The number of hydrogen-bond donors (Lipinski definition) is 2. The molecule has 0 spiro atoms. The highest BCUT2D eigenvalue weighted by molar-refractivity contribution is 5.98. The number of benzene rings is 2. The Balaban J connectivity index is 1.14. The van der Waals surface area contributed by atoms with Gasteiger partial charge in [0, 0.05) is 49.4 Å². The van der Waals surface area contributed by atoms with E-state index in [0.29, 0.717) is 18.7 Å². The fourth-order valence-electron chi connectivity index (χ4n) is 4.18. The first-order valence-electron chi connectivity index (χ1n) is 11.4. The third-order valence-electron chi connectivity index (χ3n) is 6.09. The van der Waals surface area contributed by atoms with Crippen LogP contribution >= 0.6 is 0 Å². The van der Waals surface area contributed by atoms with Crippen molar-refractivity contribution in [2.45, 2.75) is 19.3 Å². The standard InChI is InChI=1S/C26H30N4O2/c31-25(28-14-10-24-7-3-4-13-27-24)21-11-16-30(17-12-21)18-15-29-26(32)23-9-8-20-5-1-2-6-22(20)19-23/h1-9,13,19,21H,10-12,14-18H2,(H,28,31)(H,29,32). The van der Waals surface area contributed by atoms with Gasteiger partial charge in [-0.3, -0.25) is 14.6 Å². The maximum atomic E-state index is 12.5. The average Bonchev–Trinajstić information content (AvgIpc) is 2.84. The minimum absolute atomic E-state index is 0.0436. The number of nitrogens with zero attached hydrogens (tertiary/aromatic N) is 2. The Morgan fingerprint density at radius 2 is 1.69 bits per heavy atom. The maximum Gasteiger partial charge on any atom is 0.251 e. The number of hydrogen-bond acceptors (Lipinski definition) is 4. The molecule has 6 heteroatoms. The van der Waals surface area contributed by atoms with Crippen molar-refractivity contribution in [1.29, 1.82) is 0 Å². The summed E-state index contributed by atoms with van der Waals surface area (Å²) in [5, 5.41) is 8.27. The molecule has 1 aromatic heterocycles. The van der Waals surface area contributed by atoms with Crippen LogP contribution in [0.15, 0.2) is 66.9 Å². The van der Waals surface area contributed by atoms with Crippen molar-refractivity contribution in [1.82, 2.24) is 20.5 Å². The summed E-state index contributed by atoms with van der Waals surface area (Å²) in [7, 11) is 0. The lowest BCUT2D eigenvalue weighted by Gasteiger charge is -2.31. The molecule has 166 valence electrons. The van der Waals surface area contributed by atoms with Crippen molar-refractivity contribution in [2.24, 2.45) is 5.92 Å². The second kappa shape index (κ2) is 10.9. The third-order valence-corrected chi connectivity index (χ3v) is 6.09. The SMILES string of the molecule is O=C(NCCN1CCC(C(=O)NCCc2ccccn2)CC1)c1ccc2ccccc2c1. The van der Waals surface area contributed by atoms with Crippen LogP contribution in [0.25, 0.3) is 10.8 Å². The van der Waals surface area contributed by atoms with Crippen molar-refractivity contribution in [3.8, 4) is 0 Å². The molecule has 1 aliphatic rings. The summed E-state index contributed by atoms with van der Waals surface area (Å²) < 4.78 is 0. The normalized spacial score (nSPS) is 14.9. The van der Waals surface area contributed by atoms with Crippen LogP contribution in [0.4, 0.5) is 0 Å². The lowest BCUT2D eigenvalue weighted by atomic mass is 9.96. The van der Waals surface area contributed by atoms with Crippen LogP contribution in [0.1, 0.15) is 28.9 Å². The van der Waals surface area contributed by atoms with E-state index in [-0.39, 0.29) is 17.7 Å². The second-order valence-corrected chi connectivity index (χ2v) is 8.30. The van der Waals surface area contributed by atoms with Crippen LogP contribution in [0, 0.1) is 5.92 Å². The van der Waals surface area contributed by atoms with Gasteiger partial charge in [0.25, 0.3) is 5.91 Å². The molecule has 0 aliphatic carbocycles. The van der Waals surface area contributed by atoms with E-state index in [0.717, 1.165) is 55.4 Å². The van der Waals surface area contributed by atoms with Gasteiger partial charge < -0.3 is 15.5 Å². The molecule has 0 unspecified atom stereocenters. The summed E-state index contributed by atoms with van der Waals surface area (Å²) in [5.41, 5.74) is 1.68. The number of fused-ring (bicyclic) bond motifs is 1. The summed E-state index contributed by atoms with van der Waals surface area (Å²) in [6.45, 7) is 3.78. The zero-order chi connectivity index (χ0) is 22.2. The maximum absolute atomic E-state index is 12.5. The van der Waals surface area contributed by atoms with Crippen LogP contribution < -0.4 is 10.6 Å². The number of piperidine rings is 1. The van der Waals surface area contributed by atoms with Crippen molar-refractivity contribution in [3.05, 3.63) is 78.1 Å². The van der Waals surface area contributed by atoms with E-state index in [2.05, 4.69) is 20.5 Å². The highest BCUT2D eigenvalue weighted by Gasteiger charge is 2.24. The minimum atomic E-state index is -0.0436. The quantitative estimate of drug-likeness (QED) is 0.576. The molecule has 1 saturated heterocycles. The van der Waals surface area contributed by atoms with Crippen LogP contribution in [-0.2, 0) is 11.2 Å². The summed E-state index contributed by atoms with van der Waals surface area (Å²) in [6, 6.07) is 19.7. The largest absolute Gasteiger partial charge is 0.355 e. The number of likely N-dealkylation sites (tertiary alicyclic amines) is 1. The molecule has 2 amide bonds. The fraction of sp³-hybridized carbons (Fsp3) is 0.346. The molecule has 0 radical (unpaired) electrons. The smallest absolute Gasteiger partial charge is 0.251 e. The number of carbonyl (C=O) groups is 2. The lowest BCUT2D eigenvalue weighted by molar-refractivity contribution is -0.126. The number of nitrogens with one attached hydrogen (secondary N) is 2. The Kier molecular flexibility index (Phi) is 7.46. The molecule has 2 aromatic carbocycles. The minimum Gasteiger partial charge on any atom is -0.355 e. The van der Waals surface area contributed by atoms with Crippen LogP contribution in [0.5, 0.6) is 0 Å². The van der Waals surface area contributed by atoms with E-state index in [4.69, 9.17) is 0 Å². The number of aromatic nitrogens is 1. The monoisotopic (exact) mass is 430 g/mol. The van der Waals surface area contributed by atoms with Crippen LogP contribution in [-0.4, -0.2) is 54.4 Å². The summed E-state index contributed by atoms with van der Waals surface area (Å²) in [6.07, 6.45) is 4.24. The Labute approximate surface area is 189 Å². The number of rotatable bonds is 8. The first kappa shape index (κ1) is 22.0. The van der Waals surface area contributed by atoms with Gasteiger partial charge in [-0.1, -0.05) is 36.4 Å². The summed E-state index contributed by atoms with van der Waals surface area (Å²) in [4.78, 5) is 31.5. The van der Waals surface area contributed by atoms with Gasteiger partial charge in [-0.05, 0) is 61.0 Å². The molecule has 0 atom stereocenters. The Hall–Kier alpha value is -3.25. The summed E-state index contributed by atoms with van der Waals surface area (Å²) >= 11 is 0. The lowest BCUT2D eigenvalue weighted by Crippen LogP contribution is -2.43. The van der Waals surface area contributed by atoms with E-state index in [1.165, 1.54) is 0 Å². The van der Waals surface area contributed by atoms with Gasteiger partial charge in [0.1, 0.15) is 0 Å². The molecular formula is C26H30N4O2. The van der Waals surface area contributed by atoms with Crippen molar-refractivity contribution < 1.29 is 9.59 Å².